The predicted molar refractivity (Wildman–Crippen MR) is 117 cm³/mol. The second kappa shape index (κ2) is 8.46. The van der Waals surface area contributed by atoms with Gasteiger partial charge in [0.1, 0.15) is 5.69 Å². The van der Waals surface area contributed by atoms with E-state index in [4.69, 9.17) is 4.74 Å². The molecule has 2 heterocycles. The Labute approximate surface area is 178 Å². The smallest absolute Gasteiger partial charge is 0.295 e. The number of morpholine rings is 1. The molecule has 0 aliphatic carbocycles. The van der Waals surface area contributed by atoms with Gasteiger partial charge < -0.3 is 9.72 Å². The molecule has 0 unspecified atom stereocenters. The summed E-state index contributed by atoms with van der Waals surface area (Å²) < 4.78 is 32.0. The number of anilines is 1. The van der Waals surface area contributed by atoms with Crippen molar-refractivity contribution in [2.75, 3.05) is 31.7 Å². The molecule has 0 bridgehead atoms. The van der Waals surface area contributed by atoms with Gasteiger partial charge in [-0.15, -0.1) is 0 Å². The zero-order chi connectivity index (χ0) is 22.0. The average Bonchev–Trinajstić information content (AvgIpc) is 3.09. The predicted octanol–water partition coefficient (Wildman–Crippen LogP) is 2.85. The van der Waals surface area contributed by atoms with Crippen LogP contribution in [0.4, 0.5) is 11.4 Å². The van der Waals surface area contributed by atoms with Gasteiger partial charge in [-0.2, -0.15) is 9.41 Å². The number of benzene rings is 2. The van der Waals surface area contributed by atoms with E-state index in [1.807, 2.05) is 31.2 Å². The maximum Gasteiger partial charge on any atom is 0.295 e. The maximum absolute atomic E-state index is 12.8. The molecule has 4 rings (SSSR count). The third-order valence-corrected chi connectivity index (χ3v) is 6.99. The van der Waals surface area contributed by atoms with E-state index < -0.39 is 14.9 Å². The molecule has 0 saturated carbocycles. The van der Waals surface area contributed by atoms with Gasteiger partial charge in [0.25, 0.3) is 5.69 Å². The van der Waals surface area contributed by atoms with Crippen LogP contribution in [0.15, 0.2) is 52.5 Å². The molecule has 1 saturated heterocycles. The van der Waals surface area contributed by atoms with Crippen molar-refractivity contribution in [2.45, 2.75) is 11.8 Å². The number of H-pyrrole nitrogens is 1. The fraction of sp³-hybridized carbons (Fsp3) is 0.250. The van der Waals surface area contributed by atoms with E-state index >= 15 is 0 Å². The fourth-order valence-corrected chi connectivity index (χ4v) is 4.91. The summed E-state index contributed by atoms with van der Waals surface area (Å²) in [4.78, 5) is 14.1. The topological polar surface area (TPSA) is 130 Å². The first kappa shape index (κ1) is 21.0. The molecule has 1 aromatic heterocycles. The van der Waals surface area contributed by atoms with E-state index in [9.17, 15) is 18.5 Å². The van der Waals surface area contributed by atoms with Crippen LogP contribution in [0.1, 0.15) is 11.3 Å². The molecule has 11 heteroatoms. The Morgan fingerprint density at radius 3 is 2.71 bits per heavy atom. The summed E-state index contributed by atoms with van der Waals surface area (Å²) in [5.74, 6) is 0. The number of nitro groups is 1. The molecule has 1 aliphatic heterocycles. The molecule has 1 fully saturated rings. The number of sulfonamides is 1. The van der Waals surface area contributed by atoms with Crippen LogP contribution in [0.25, 0.3) is 10.9 Å². The van der Waals surface area contributed by atoms with Gasteiger partial charge in [0, 0.05) is 41.3 Å². The number of nitro benzene ring substituents is 1. The molecule has 0 atom stereocenters. The summed E-state index contributed by atoms with van der Waals surface area (Å²) >= 11 is 0. The fourth-order valence-electron chi connectivity index (χ4n) is 3.48. The molecular weight excluding hydrogens is 422 g/mol. The highest BCUT2D eigenvalue weighted by molar-refractivity contribution is 7.89. The first-order valence-electron chi connectivity index (χ1n) is 9.60. The van der Waals surface area contributed by atoms with Gasteiger partial charge in [0.2, 0.25) is 10.0 Å². The van der Waals surface area contributed by atoms with E-state index in [2.05, 4.69) is 15.5 Å². The van der Waals surface area contributed by atoms with Crippen LogP contribution in [0, 0.1) is 17.0 Å². The van der Waals surface area contributed by atoms with Gasteiger partial charge in [0.05, 0.1) is 29.2 Å². The molecule has 162 valence electrons. The highest BCUT2D eigenvalue weighted by Crippen LogP contribution is 2.29. The second-order valence-corrected chi connectivity index (χ2v) is 8.97. The quantitative estimate of drug-likeness (QED) is 0.342. The number of fused-ring (bicyclic) bond motifs is 1. The molecule has 2 N–H and O–H groups in total. The summed E-state index contributed by atoms with van der Waals surface area (Å²) in [6, 6.07) is 11.5. The van der Waals surface area contributed by atoms with Crippen molar-refractivity contribution in [3.05, 3.63) is 63.8 Å². The van der Waals surface area contributed by atoms with Crippen molar-refractivity contribution in [3.63, 3.8) is 0 Å². The summed E-state index contributed by atoms with van der Waals surface area (Å²) in [7, 11) is -3.84. The molecule has 0 amide bonds. The van der Waals surface area contributed by atoms with Crippen LogP contribution < -0.4 is 5.43 Å². The lowest BCUT2D eigenvalue weighted by Gasteiger charge is -2.26. The van der Waals surface area contributed by atoms with E-state index in [-0.39, 0.29) is 29.4 Å². The van der Waals surface area contributed by atoms with Crippen molar-refractivity contribution in [3.8, 4) is 0 Å². The van der Waals surface area contributed by atoms with Crippen LogP contribution in [0.5, 0.6) is 0 Å². The largest absolute Gasteiger partial charge is 0.379 e. The van der Waals surface area contributed by atoms with Gasteiger partial charge in [-0.05, 0) is 25.1 Å². The molecule has 0 spiro atoms. The second-order valence-electron chi connectivity index (χ2n) is 7.03. The summed E-state index contributed by atoms with van der Waals surface area (Å²) in [6.45, 7) is 2.93. The highest BCUT2D eigenvalue weighted by Gasteiger charge is 2.28. The monoisotopic (exact) mass is 443 g/mol. The number of hydrazone groups is 1. The van der Waals surface area contributed by atoms with Crippen LogP contribution >= 0.6 is 0 Å². The normalized spacial score (nSPS) is 15.5. The minimum Gasteiger partial charge on any atom is -0.379 e. The number of hydrogen-bond acceptors (Lipinski definition) is 7. The van der Waals surface area contributed by atoms with E-state index in [0.29, 0.717) is 13.2 Å². The zero-order valence-corrected chi connectivity index (χ0v) is 17.6. The Kier molecular flexibility index (Phi) is 5.72. The summed E-state index contributed by atoms with van der Waals surface area (Å²) in [5.41, 5.74) is 5.12. The van der Waals surface area contributed by atoms with Crippen molar-refractivity contribution < 1.29 is 18.1 Å². The zero-order valence-electron chi connectivity index (χ0n) is 16.7. The Morgan fingerprint density at radius 2 is 1.97 bits per heavy atom. The maximum atomic E-state index is 12.8. The van der Waals surface area contributed by atoms with Crippen molar-refractivity contribution in [2.24, 2.45) is 5.10 Å². The number of hydrogen-bond donors (Lipinski definition) is 2. The van der Waals surface area contributed by atoms with Gasteiger partial charge in [0.15, 0.2) is 0 Å². The molecular formula is C20H21N5O5S. The number of rotatable bonds is 6. The van der Waals surface area contributed by atoms with Crippen LogP contribution in [-0.4, -0.2) is 55.1 Å². The number of aromatic amines is 1. The Bertz CT molecular complexity index is 1260. The number of ether oxygens (including phenoxy) is 1. The van der Waals surface area contributed by atoms with E-state index in [1.54, 1.807) is 6.21 Å². The third kappa shape index (κ3) is 4.15. The lowest BCUT2D eigenvalue weighted by molar-refractivity contribution is -0.384. The van der Waals surface area contributed by atoms with Gasteiger partial charge in [-0.3, -0.25) is 15.5 Å². The number of nitrogens with zero attached hydrogens (tertiary/aromatic N) is 3. The van der Waals surface area contributed by atoms with Gasteiger partial charge >= 0.3 is 0 Å². The number of nitrogens with one attached hydrogen (secondary N) is 2. The average molecular weight is 443 g/mol. The van der Waals surface area contributed by atoms with Crippen molar-refractivity contribution in [1.82, 2.24) is 9.29 Å². The SMILES string of the molecule is Cc1[nH]c2ccccc2c1/C=N\Nc1ccc(S(=O)(=O)N2CCOCC2)cc1[N+](=O)[O-]. The van der Waals surface area contributed by atoms with E-state index in [1.165, 1.54) is 16.4 Å². The number of aromatic nitrogens is 1. The Hall–Kier alpha value is -3.28. The van der Waals surface area contributed by atoms with Crippen LogP contribution in [0.3, 0.4) is 0 Å². The number of aryl methyl sites for hydroxylation is 1. The Balaban J connectivity index is 1.61. The molecule has 10 nitrogen and oxygen atoms in total. The van der Waals surface area contributed by atoms with E-state index in [0.717, 1.165) is 28.2 Å². The lowest BCUT2D eigenvalue weighted by atomic mass is 10.1. The first-order valence-corrected chi connectivity index (χ1v) is 11.0. The third-order valence-electron chi connectivity index (χ3n) is 5.10. The lowest BCUT2D eigenvalue weighted by Crippen LogP contribution is -2.40. The van der Waals surface area contributed by atoms with Gasteiger partial charge in [-0.1, -0.05) is 18.2 Å². The van der Waals surface area contributed by atoms with Crippen LogP contribution in [-0.2, 0) is 14.8 Å². The highest BCUT2D eigenvalue weighted by atomic mass is 32.2. The number of para-hydroxylation sites is 1. The first-order chi connectivity index (χ1) is 14.9. The van der Waals surface area contributed by atoms with Crippen molar-refractivity contribution in [1.29, 1.82) is 0 Å². The molecule has 1 aliphatic rings. The standard InChI is InChI=1S/C20H21N5O5S/c1-14-17(16-4-2-3-5-18(16)22-14)13-21-23-19-7-6-15(12-20(19)25(26)27)31(28,29)24-8-10-30-11-9-24/h2-7,12-13,22-23H,8-11H2,1H3/b21-13-. The van der Waals surface area contributed by atoms with Gasteiger partial charge in [-0.25, -0.2) is 8.42 Å². The van der Waals surface area contributed by atoms with Crippen LogP contribution in [0.2, 0.25) is 0 Å². The molecule has 2 aromatic carbocycles. The minimum absolute atomic E-state index is 0.0969. The summed E-state index contributed by atoms with van der Waals surface area (Å²) in [6.07, 6.45) is 1.58. The molecule has 3 aromatic rings. The summed E-state index contributed by atoms with van der Waals surface area (Å²) in [5, 5.41) is 16.7. The van der Waals surface area contributed by atoms with Crippen molar-refractivity contribution >= 4 is 38.5 Å². The minimum atomic E-state index is -3.84. The molecule has 31 heavy (non-hydrogen) atoms. The Morgan fingerprint density at radius 1 is 1.23 bits per heavy atom. The molecule has 0 radical (unpaired) electrons.